The Hall–Kier alpha value is -0.820. The number of hydrogen-bond acceptors (Lipinski definition) is 1. The molecule has 1 aromatic carbocycles. The lowest BCUT2D eigenvalue weighted by molar-refractivity contribution is 0.429. The van der Waals surface area contributed by atoms with Crippen LogP contribution in [-0.4, -0.2) is 12.6 Å². The van der Waals surface area contributed by atoms with Crippen molar-refractivity contribution in [3.63, 3.8) is 0 Å². The van der Waals surface area contributed by atoms with E-state index in [0.717, 1.165) is 12.0 Å². The summed E-state index contributed by atoms with van der Waals surface area (Å²) in [6, 6.07) is 11.7. The number of benzene rings is 1. The fraction of sp³-hybridized carbons (Fsp3) is 0.625. The predicted molar refractivity (Wildman–Crippen MR) is 74.3 cm³/mol. The van der Waals surface area contributed by atoms with E-state index in [2.05, 4.69) is 42.6 Å². The van der Waals surface area contributed by atoms with Crippen LogP contribution in [0.4, 0.5) is 0 Å². The van der Waals surface area contributed by atoms with Gasteiger partial charge in [-0.15, -0.1) is 0 Å². The van der Waals surface area contributed by atoms with Gasteiger partial charge in [-0.3, -0.25) is 0 Å². The third-order valence-electron chi connectivity index (χ3n) is 4.00. The van der Waals surface area contributed by atoms with Crippen LogP contribution in [0.1, 0.15) is 56.9 Å². The zero-order valence-electron chi connectivity index (χ0n) is 11.0. The number of nitrogens with one attached hydrogen (secondary N) is 1. The zero-order valence-corrected chi connectivity index (χ0v) is 11.0. The minimum absolute atomic E-state index is 0.729. The van der Waals surface area contributed by atoms with Gasteiger partial charge in [0.2, 0.25) is 0 Å². The van der Waals surface area contributed by atoms with Gasteiger partial charge < -0.3 is 5.32 Å². The van der Waals surface area contributed by atoms with E-state index in [9.17, 15) is 0 Å². The summed E-state index contributed by atoms with van der Waals surface area (Å²) in [6.45, 7) is 3.53. The first-order valence-corrected chi connectivity index (χ1v) is 7.18. The monoisotopic (exact) mass is 231 g/mol. The molecule has 0 saturated carbocycles. The number of hydrogen-bond donors (Lipinski definition) is 1. The van der Waals surface area contributed by atoms with Crippen LogP contribution in [0, 0.1) is 0 Å². The van der Waals surface area contributed by atoms with E-state index in [1.807, 2.05) is 0 Å². The second-order valence-electron chi connectivity index (χ2n) is 5.25. The molecular formula is C16H25N. The normalized spacial score (nSPS) is 23.0. The van der Waals surface area contributed by atoms with E-state index >= 15 is 0 Å². The molecule has 1 aromatic rings. The Kier molecular flexibility index (Phi) is 5.06. The Morgan fingerprint density at radius 1 is 1.18 bits per heavy atom. The molecule has 1 heterocycles. The average molecular weight is 231 g/mol. The largest absolute Gasteiger partial charge is 0.314 e. The van der Waals surface area contributed by atoms with Crippen LogP contribution in [0.2, 0.25) is 0 Å². The summed E-state index contributed by atoms with van der Waals surface area (Å²) in [4.78, 5) is 0. The maximum Gasteiger partial charge on any atom is 0.00728 e. The smallest absolute Gasteiger partial charge is 0.00728 e. The zero-order chi connectivity index (χ0) is 11.9. The summed E-state index contributed by atoms with van der Waals surface area (Å²) < 4.78 is 0. The first-order chi connectivity index (χ1) is 8.40. The van der Waals surface area contributed by atoms with E-state index < -0.39 is 0 Å². The van der Waals surface area contributed by atoms with Gasteiger partial charge in [-0.1, -0.05) is 50.1 Å². The van der Waals surface area contributed by atoms with E-state index in [0.29, 0.717) is 0 Å². The second-order valence-corrected chi connectivity index (χ2v) is 5.25. The molecule has 0 aliphatic carbocycles. The third-order valence-corrected chi connectivity index (χ3v) is 4.00. The lowest BCUT2D eigenvalue weighted by Crippen LogP contribution is -2.29. The summed E-state index contributed by atoms with van der Waals surface area (Å²) in [5.41, 5.74) is 1.51. The molecule has 0 radical (unpaired) electrons. The van der Waals surface area contributed by atoms with Gasteiger partial charge in [0.25, 0.3) is 0 Å². The molecule has 0 spiro atoms. The quantitative estimate of drug-likeness (QED) is 0.822. The molecule has 2 atom stereocenters. The van der Waals surface area contributed by atoms with Crippen molar-refractivity contribution in [1.29, 1.82) is 0 Å². The van der Waals surface area contributed by atoms with Crippen LogP contribution in [0.5, 0.6) is 0 Å². The van der Waals surface area contributed by atoms with Crippen molar-refractivity contribution in [3.05, 3.63) is 35.9 Å². The fourth-order valence-electron chi connectivity index (χ4n) is 2.91. The molecule has 0 amide bonds. The van der Waals surface area contributed by atoms with Crippen LogP contribution >= 0.6 is 0 Å². The highest BCUT2D eigenvalue weighted by Crippen LogP contribution is 2.26. The first-order valence-electron chi connectivity index (χ1n) is 7.18. The van der Waals surface area contributed by atoms with Crippen molar-refractivity contribution in [3.8, 4) is 0 Å². The average Bonchev–Trinajstić information content (AvgIpc) is 2.65. The van der Waals surface area contributed by atoms with Gasteiger partial charge in [-0.05, 0) is 43.7 Å². The summed E-state index contributed by atoms with van der Waals surface area (Å²) in [7, 11) is 0. The van der Waals surface area contributed by atoms with Gasteiger partial charge in [0.1, 0.15) is 0 Å². The minimum Gasteiger partial charge on any atom is -0.314 e. The van der Waals surface area contributed by atoms with Crippen LogP contribution in [-0.2, 0) is 0 Å². The molecule has 2 unspecified atom stereocenters. The van der Waals surface area contributed by atoms with Gasteiger partial charge in [-0.25, -0.2) is 0 Å². The van der Waals surface area contributed by atoms with Crippen LogP contribution in [0.15, 0.2) is 30.3 Å². The van der Waals surface area contributed by atoms with Crippen molar-refractivity contribution in [2.24, 2.45) is 0 Å². The molecule has 1 saturated heterocycles. The van der Waals surface area contributed by atoms with Crippen LogP contribution in [0.3, 0.4) is 0 Å². The summed E-state index contributed by atoms with van der Waals surface area (Å²) >= 11 is 0. The summed E-state index contributed by atoms with van der Waals surface area (Å²) in [6.07, 6.45) is 8.10. The highest BCUT2D eigenvalue weighted by molar-refractivity contribution is 5.19. The van der Waals surface area contributed by atoms with Crippen LogP contribution in [0.25, 0.3) is 0 Å². The van der Waals surface area contributed by atoms with E-state index in [-0.39, 0.29) is 0 Å². The van der Waals surface area contributed by atoms with Crippen molar-refractivity contribution >= 4 is 0 Å². The molecule has 1 nitrogen and oxygen atoms in total. The molecule has 1 aliphatic heterocycles. The molecule has 1 fully saturated rings. The SMILES string of the molecule is CCC(CC1CCCCCN1)c1ccccc1. The highest BCUT2D eigenvalue weighted by Gasteiger charge is 2.17. The Balaban J connectivity index is 1.94. The van der Waals surface area contributed by atoms with E-state index in [1.165, 1.54) is 50.6 Å². The van der Waals surface area contributed by atoms with Gasteiger partial charge in [-0.2, -0.15) is 0 Å². The molecule has 0 aromatic heterocycles. The summed E-state index contributed by atoms with van der Waals surface area (Å²) in [5, 5.41) is 3.72. The Bertz CT molecular complexity index is 299. The lowest BCUT2D eigenvalue weighted by Gasteiger charge is -2.22. The summed E-state index contributed by atoms with van der Waals surface area (Å²) in [5.74, 6) is 0.729. The Labute approximate surface area is 106 Å². The van der Waals surface area contributed by atoms with Gasteiger partial charge >= 0.3 is 0 Å². The molecule has 2 rings (SSSR count). The molecule has 1 N–H and O–H groups in total. The van der Waals surface area contributed by atoms with Crippen molar-refractivity contribution in [1.82, 2.24) is 5.32 Å². The number of rotatable bonds is 4. The molecule has 17 heavy (non-hydrogen) atoms. The highest BCUT2D eigenvalue weighted by atomic mass is 14.9. The van der Waals surface area contributed by atoms with E-state index in [4.69, 9.17) is 0 Å². The van der Waals surface area contributed by atoms with Gasteiger partial charge in [0.05, 0.1) is 0 Å². The van der Waals surface area contributed by atoms with Crippen LogP contribution < -0.4 is 5.32 Å². The van der Waals surface area contributed by atoms with E-state index in [1.54, 1.807) is 0 Å². The first kappa shape index (κ1) is 12.6. The molecule has 1 heteroatoms. The second kappa shape index (κ2) is 6.80. The fourth-order valence-corrected chi connectivity index (χ4v) is 2.91. The molecule has 1 aliphatic rings. The van der Waals surface area contributed by atoms with Gasteiger partial charge in [0.15, 0.2) is 0 Å². The predicted octanol–water partition coefficient (Wildman–Crippen LogP) is 4.10. The van der Waals surface area contributed by atoms with Crippen molar-refractivity contribution in [2.75, 3.05) is 6.54 Å². The Morgan fingerprint density at radius 2 is 2.00 bits per heavy atom. The van der Waals surface area contributed by atoms with Crippen molar-refractivity contribution < 1.29 is 0 Å². The molecule has 94 valence electrons. The van der Waals surface area contributed by atoms with Gasteiger partial charge in [0, 0.05) is 6.04 Å². The standard InChI is InChI=1S/C16H25N/c1-2-14(15-9-5-3-6-10-15)13-16-11-7-4-8-12-17-16/h3,5-6,9-10,14,16-17H,2,4,7-8,11-13H2,1H3. The molecular weight excluding hydrogens is 206 g/mol. The molecule has 0 bridgehead atoms. The Morgan fingerprint density at radius 3 is 2.76 bits per heavy atom. The maximum atomic E-state index is 3.72. The van der Waals surface area contributed by atoms with Crippen molar-refractivity contribution in [2.45, 2.75) is 57.4 Å². The maximum absolute atomic E-state index is 3.72. The topological polar surface area (TPSA) is 12.0 Å². The lowest BCUT2D eigenvalue weighted by atomic mass is 9.88. The minimum atomic E-state index is 0.729. The third kappa shape index (κ3) is 3.85.